The lowest BCUT2D eigenvalue weighted by Crippen LogP contribution is -2.43. The number of alkyl halides is 3. The lowest BCUT2D eigenvalue weighted by Gasteiger charge is -2.26. The van der Waals surface area contributed by atoms with E-state index in [0.717, 1.165) is 17.7 Å². The fourth-order valence-corrected chi connectivity index (χ4v) is 2.95. The van der Waals surface area contributed by atoms with Gasteiger partial charge in [0.15, 0.2) is 0 Å². The zero-order valence-corrected chi connectivity index (χ0v) is 15.2. The second-order valence-electron chi connectivity index (χ2n) is 6.36. The first kappa shape index (κ1) is 20.1. The number of anilines is 1. The number of carbonyl (C=O) groups excluding carboxylic acids is 2. The molecule has 0 atom stereocenters. The second kappa shape index (κ2) is 8.15. The number of rotatable bonds is 4. The van der Waals surface area contributed by atoms with Crippen molar-refractivity contribution in [3.05, 3.63) is 24.0 Å². The van der Waals surface area contributed by atoms with Crippen molar-refractivity contribution in [1.29, 1.82) is 0 Å². The van der Waals surface area contributed by atoms with Crippen LogP contribution in [0.3, 0.4) is 0 Å². The number of carbonyl (C=O) groups is 2. The topological polar surface area (TPSA) is 88.5 Å². The highest BCUT2D eigenvalue weighted by atomic mass is 19.4. The van der Waals surface area contributed by atoms with E-state index >= 15 is 0 Å². The van der Waals surface area contributed by atoms with Crippen LogP contribution in [-0.4, -0.2) is 65.7 Å². The summed E-state index contributed by atoms with van der Waals surface area (Å²) in [5.74, 6) is -2.74. The van der Waals surface area contributed by atoms with Gasteiger partial charge in [0.1, 0.15) is 0 Å². The van der Waals surface area contributed by atoms with Crippen LogP contribution in [0.1, 0.15) is 5.82 Å². The predicted octanol–water partition coefficient (Wildman–Crippen LogP) is 0.979. The number of morpholine rings is 1. The summed E-state index contributed by atoms with van der Waals surface area (Å²) in [5, 5.41) is 4.89. The Morgan fingerprint density at radius 2 is 1.93 bits per heavy atom. The van der Waals surface area contributed by atoms with E-state index in [-0.39, 0.29) is 16.7 Å². The Bertz CT molecular complexity index is 875. The molecular weight excluding hydrogens is 379 g/mol. The van der Waals surface area contributed by atoms with E-state index in [1.807, 2.05) is 0 Å². The quantitative estimate of drug-likeness (QED) is 0.749. The van der Waals surface area contributed by atoms with Crippen LogP contribution in [0.25, 0.3) is 11.0 Å². The lowest BCUT2D eigenvalue weighted by atomic mass is 10.2. The average molecular weight is 399 g/mol. The molecule has 2 N–H and O–H groups in total. The summed E-state index contributed by atoms with van der Waals surface area (Å²) >= 11 is 0. The molecule has 2 aromatic rings. The monoisotopic (exact) mass is 399 g/mol. The van der Waals surface area contributed by atoms with Crippen LogP contribution < -0.4 is 10.6 Å². The molecule has 1 saturated heterocycles. The van der Waals surface area contributed by atoms with Crippen molar-refractivity contribution in [3.8, 4) is 0 Å². The van der Waals surface area contributed by atoms with Crippen molar-refractivity contribution < 1.29 is 27.5 Å². The zero-order chi connectivity index (χ0) is 20.3. The molecule has 0 saturated carbocycles. The summed E-state index contributed by atoms with van der Waals surface area (Å²) in [6.07, 6.45) is -4.59. The smallest absolute Gasteiger partial charge is 0.379 e. The second-order valence-corrected chi connectivity index (χ2v) is 6.36. The molecule has 152 valence electrons. The number of fused-ring (bicyclic) bond motifs is 1. The molecule has 0 bridgehead atoms. The number of hydrogen-bond acceptors (Lipinski definition) is 5. The highest BCUT2D eigenvalue weighted by Gasteiger charge is 2.36. The van der Waals surface area contributed by atoms with Crippen LogP contribution in [0.4, 0.5) is 18.9 Å². The molecule has 11 heteroatoms. The molecule has 2 amide bonds. The molecule has 2 heterocycles. The van der Waals surface area contributed by atoms with Gasteiger partial charge in [0.05, 0.1) is 24.2 Å². The number of amides is 2. The zero-order valence-electron chi connectivity index (χ0n) is 15.2. The number of benzene rings is 1. The Balaban J connectivity index is 1.58. The minimum Gasteiger partial charge on any atom is -0.379 e. The molecule has 1 aliphatic rings. The Labute approximate surface area is 158 Å². The minimum absolute atomic E-state index is 0.0698. The van der Waals surface area contributed by atoms with E-state index in [4.69, 9.17) is 4.74 Å². The Hall–Kier alpha value is -2.66. The fraction of sp³-hybridized carbons (Fsp3) is 0.471. The third-order valence-corrected chi connectivity index (χ3v) is 4.42. The molecule has 0 unspecified atom stereocenters. The van der Waals surface area contributed by atoms with Gasteiger partial charge in [0, 0.05) is 38.9 Å². The number of nitrogens with zero attached hydrogens (tertiary/aromatic N) is 3. The summed E-state index contributed by atoms with van der Waals surface area (Å²) in [4.78, 5) is 29.6. The van der Waals surface area contributed by atoms with Crippen LogP contribution in [-0.2, 0) is 27.5 Å². The number of halogens is 3. The molecule has 1 fully saturated rings. The fourth-order valence-electron chi connectivity index (χ4n) is 2.95. The summed E-state index contributed by atoms with van der Waals surface area (Å²) in [5.41, 5.74) is 0.522. The van der Waals surface area contributed by atoms with E-state index in [2.05, 4.69) is 20.5 Å². The van der Waals surface area contributed by atoms with E-state index in [1.54, 1.807) is 0 Å². The Morgan fingerprint density at radius 1 is 1.21 bits per heavy atom. The van der Waals surface area contributed by atoms with Gasteiger partial charge in [0.25, 0.3) is 0 Å². The number of ether oxygens (including phenoxy) is 1. The van der Waals surface area contributed by atoms with E-state index < -0.39 is 23.8 Å². The third-order valence-electron chi connectivity index (χ3n) is 4.42. The van der Waals surface area contributed by atoms with E-state index in [9.17, 15) is 22.8 Å². The molecule has 0 spiro atoms. The molecule has 0 aliphatic carbocycles. The molecule has 3 rings (SSSR count). The van der Waals surface area contributed by atoms with Crippen molar-refractivity contribution >= 4 is 28.5 Å². The van der Waals surface area contributed by atoms with Gasteiger partial charge >= 0.3 is 18.0 Å². The molecule has 0 radical (unpaired) electrons. The van der Waals surface area contributed by atoms with Gasteiger partial charge in [-0.15, -0.1) is 0 Å². The third kappa shape index (κ3) is 4.60. The van der Waals surface area contributed by atoms with Gasteiger partial charge in [-0.25, -0.2) is 4.98 Å². The standard InChI is InChI=1S/C17H20F3N5O3/c1-24-13-3-2-11(10-12(13)23-16(24)17(18,19)20)22-15(27)14(26)21-4-5-25-6-8-28-9-7-25/h2-3,10H,4-9H2,1H3,(H,21,26)(H,22,27). The maximum Gasteiger partial charge on any atom is 0.449 e. The Kier molecular flexibility index (Phi) is 5.84. The lowest BCUT2D eigenvalue weighted by molar-refractivity contribution is -0.146. The van der Waals surface area contributed by atoms with Crippen LogP contribution in [0.5, 0.6) is 0 Å². The van der Waals surface area contributed by atoms with Gasteiger partial charge < -0.3 is 19.9 Å². The van der Waals surface area contributed by atoms with Gasteiger partial charge in [-0.2, -0.15) is 13.2 Å². The molecular formula is C17H20F3N5O3. The van der Waals surface area contributed by atoms with Gasteiger partial charge in [0.2, 0.25) is 5.82 Å². The predicted molar refractivity (Wildman–Crippen MR) is 94.6 cm³/mol. The number of hydrogen-bond donors (Lipinski definition) is 2. The summed E-state index contributed by atoms with van der Waals surface area (Å²) in [7, 11) is 1.26. The van der Waals surface area contributed by atoms with Gasteiger partial charge in [-0.05, 0) is 18.2 Å². The molecule has 1 aliphatic heterocycles. The van der Waals surface area contributed by atoms with Crippen LogP contribution >= 0.6 is 0 Å². The van der Waals surface area contributed by atoms with Crippen LogP contribution in [0.15, 0.2) is 18.2 Å². The van der Waals surface area contributed by atoms with Gasteiger partial charge in [-0.1, -0.05) is 0 Å². The molecule has 1 aromatic heterocycles. The summed E-state index contributed by atoms with van der Waals surface area (Å²) in [6, 6.07) is 4.12. The van der Waals surface area contributed by atoms with E-state index in [0.29, 0.717) is 26.3 Å². The van der Waals surface area contributed by atoms with Gasteiger partial charge in [-0.3, -0.25) is 14.5 Å². The first-order valence-electron chi connectivity index (χ1n) is 8.68. The number of nitrogens with one attached hydrogen (secondary N) is 2. The van der Waals surface area contributed by atoms with Crippen LogP contribution in [0.2, 0.25) is 0 Å². The summed E-state index contributed by atoms with van der Waals surface area (Å²) < 4.78 is 45.0. The van der Waals surface area contributed by atoms with E-state index in [1.165, 1.54) is 25.2 Å². The van der Waals surface area contributed by atoms with Crippen molar-refractivity contribution in [2.75, 3.05) is 44.7 Å². The highest BCUT2D eigenvalue weighted by molar-refractivity contribution is 6.39. The average Bonchev–Trinajstić information content (AvgIpc) is 2.99. The first-order valence-corrected chi connectivity index (χ1v) is 8.68. The van der Waals surface area contributed by atoms with Crippen LogP contribution in [0, 0.1) is 0 Å². The maximum atomic E-state index is 12.9. The summed E-state index contributed by atoms with van der Waals surface area (Å²) in [6.45, 7) is 3.72. The maximum absolute atomic E-state index is 12.9. The normalized spacial score (nSPS) is 15.6. The number of aryl methyl sites for hydroxylation is 1. The minimum atomic E-state index is -4.59. The molecule has 1 aromatic carbocycles. The largest absolute Gasteiger partial charge is 0.449 e. The number of aromatic nitrogens is 2. The van der Waals surface area contributed by atoms with Crippen molar-refractivity contribution in [2.24, 2.45) is 7.05 Å². The SMILES string of the molecule is Cn1c(C(F)(F)F)nc2cc(NC(=O)C(=O)NCCN3CCOCC3)ccc21. The first-order chi connectivity index (χ1) is 13.3. The van der Waals surface area contributed by atoms with Crippen molar-refractivity contribution in [3.63, 3.8) is 0 Å². The highest BCUT2D eigenvalue weighted by Crippen LogP contribution is 2.31. The molecule has 8 nitrogen and oxygen atoms in total. The number of imidazole rings is 1. The Morgan fingerprint density at radius 3 is 2.61 bits per heavy atom. The van der Waals surface area contributed by atoms with Crippen molar-refractivity contribution in [2.45, 2.75) is 6.18 Å². The van der Waals surface area contributed by atoms with Crippen molar-refractivity contribution in [1.82, 2.24) is 19.8 Å². The molecule has 28 heavy (non-hydrogen) atoms.